The number of aromatic nitrogens is 1. The van der Waals surface area contributed by atoms with Crippen LogP contribution in [0.1, 0.15) is 15.9 Å². The number of nitrogens with one attached hydrogen (secondary N) is 1. The molecule has 2 heterocycles. The molecule has 0 bridgehead atoms. The highest BCUT2D eigenvalue weighted by Gasteiger charge is 2.15. The van der Waals surface area contributed by atoms with E-state index in [4.69, 9.17) is 14.2 Å². The molecule has 0 unspecified atom stereocenters. The van der Waals surface area contributed by atoms with Gasteiger partial charge < -0.3 is 19.5 Å². The first kappa shape index (κ1) is 13.2. The fourth-order valence-corrected chi connectivity index (χ4v) is 2.05. The lowest BCUT2D eigenvalue weighted by Crippen LogP contribution is -2.23. The normalized spacial score (nSPS) is 12.0. The topological polar surface area (TPSA) is 69.7 Å². The van der Waals surface area contributed by atoms with Crippen LogP contribution in [0.5, 0.6) is 17.4 Å². The largest absolute Gasteiger partial charge is 0.480 e. The van der Waals surface area contributed by atoms with Gasteiger partial charge in [-0.25, -0.2) is 4.98 Å². The molecule has 2 aromatic rings. The summed E-state index contributed by atoms with van der Waals surface area (Å²) in [6.45, 7) is 0.617. The predicted molar refractivity (Wildman–Crippen MR) is 74.5 cm³/mol. The van der Waals surface area contributed by atoms with Gasteiger partial charge in [-0.1, -0.05) is 6.07 Å². The van der Waals surface area contributed by atoms with Crippen LogP contribution in [0.25, 0.3) is 0 Å². The van der Waals surface area contributed by atoms with E-state index >= 15 is 0 Å². The Balaban J connectivity index is 1.68. The smallest absolute Gasteiger partial charge is 0.257 e. The molecule has 108 valence electrons. The first-order valence-electron chi connectivity index (χ1n) is 6.43. The van der Waals surface area contributed by atoms with Gasteiger partial charge >= 0.3 is 0 Å². The molecule has 0 radical (unpaired) electrons. The fraction of sp³-hybridized carbons (Fsp3) is 0.200. The van der Waals surface area contributed by atoms with Crippen molar-refractivity contribution >= 4 is 5.91 Å². The number of ether oxygens (including phenoxy) is 3. The second kappa shape index (κ2) is 5.70. The Hall–Kier alpha value is -2.76. The molecule has 0 fully saturated rings. The first-order valence-corrected chi connectivity index (χ1v) is 6.43. The number of benzene rings is 1. The Morgan fingerprint density at radius 3 is 3.05 bits per heavy atom. The van der Waals surface area contributed by atoms with Crippen LogP contribution in [0, 0.1) is 0 Å². The minimum Gasteiger partial charge on any atom is -0.480 e. The van der Waals surface area contributed by atoms with E-state index in [9.17, 15) is 4.79 Å². The lowest BCUT2D eigenvalue weighted by molar-refractivity contribution is 0.0947. The number of hydrogen-bond acceptors (Lipinski definition) is 5. The van der Waals surface area contributed by atoms with Crippen molar-refractivity contribution in [2.75, 3.05) is 13.9 Å². The van der Waals surface area contributed by atoms with Crippen molar-refractivity contribution < 1.29 is 19.0 Å². The zero-order chi connectivity index (χ0) is 14.7. The quantitative estimate of drug-likeness (QED) is 0.927. The van der Waals surface area contributed by atoms with E-state index in [0.717, 1.165) is 11.3 Å². The number of rotatable bonds is 4. The molecule has 1 aliphatic heterocycles. The van der Waals surface area contributed by atoms with Crippen molar-refractivity contribution in [3.05, 3.63) is 47.7 Å². The molecule has 0 spiro atoms. The van der Waals surface area contributed by atoms with E-state index < -0.39 is 0 Å². The number of hydrogen-bond donors (Lipinski definition) is 1. The molecule has 1 N–H and O–H groups in total. The number of methoxy groups -OCH3 is 1. The molecule has 0 saturated heterocycles. The van der Waals surface area contributed by atoms with E-state index in [1.165, 1.54) is 7.11 Å². The van der Waals surface area contributed by atoms with Gasteiger partial charge in [0.15, 0.2) is 11.5 Å². The van der Waals surface area contributed by atoms with Gasteiger partial charge in [-0.3, -0.25) is 4.79 Å². The summed E-state index contributed by atoms with van der Waals surface area (Å²) in [4.78, 5) is 16.1. The molecule has 6 nitrogen and oxygen atoms in total. The summed E-state index contributed by atoms with van der Waals surface area (Å²) >= 11 is 0. The molecule has 1 aromatic heterocycles. The summed E-state index contributed by atoms with van der Waals surface area (Å²) in [7, 11) is 1.48. The van der Waals surface area contributed by atoms with Crippen molar-refractivity contribution in [1.82, 2.24) is 10.3 Å². The van der Waals surface area contributed by atoms with Crippen molar-refractivity contribution in [1.29, 1.82) is 0 Å². The standard InChI is InChI=1S/C15H14N2O4/c1-19-15-11(3-2-6-16-15)14(18)17-8-10-4-5-12-13(7-10)21-9-20-12/h2-7H,8-9H2,1H3,(H,17,18). The van der Waals surface area contributed by atoms with Gasteiger partial charge in [-0.15, -0.1) is 0 Å². The van der Waals surface area contributed by atoms with Gasteiger partial charge in [0.25, 0.3) is 5.91 Å². The summed E-state index contributed by atoms with van der Waals surface area (Å²) in [5.41, 5.74) is 1.33. The average Bonchev–Trinajstić information content (AvgIpc) is 3.00. The molecule has 6 heteroatoms. The van der Waals surface area contributed by atoms with Crippen LogP contribution >= 0.6 is 0 Å². The van der Waals surface area contributed by atoms with Crippen LogP contribution in [0.15, 0.2) is 36.5 Å². The summed E-state index contributed by atoms with van der Waals surface area (Å²) in [6.07, 6.45) is 1.58. The number of carbonyl (C=O) groups is 1. The van der Waals surface area contributed by atoms with E-state index in [1.54, 1.807) is 18.3 Å². The van der Waals surface area contributed by atoms with Crippen LogP contribution < -0.4 is 19.5 Å². The Kier molecular flexibility index (Phi) is 3.59. The highest BCUT2D eigenvalue weighted by Crippen LogP contribution is 2.32. The molecule has 3 rings (SSSR count). The number of carbonyl (C=O) groups excluding carboxylic acids is 1. The molecule has 1 aliphatic rings. The van der Waals surface area contributed by atoms with Crippen LogP contribution in [0.2, 0.25) is 0 Å². The Morgan fingerprint density at radius 2 is 2.19 bits per heavy atom. The predicted octanol–water partition coefficient (Wildman–Crippen LogP) is 1.75. The third kappa shape index (κ3) is 2.74. The fourth-order valence-electron chi connectivity index (χ4n) is 2.05. The molecular weight excluding hydrogens is 272 g/mol. The maximum absolute atomic E-state index is 12.1. The molecule has 0 saturated carbocycles. The lowest BCUT2D eigenvalue weighted by Gasteiger charge is -2.08. The average molecular weight is 286 g/mol. The summed E-state index contributed by atoms with van der Waals surface area (Å²) in [5, 5.41) is 2.83. The highest BCUT2D eigenvalue weighted by atomic mass is 16.7. The summed E-state index contributed by atoms with van der Waals surface area (Å²) in [5.74, 6) is 1.48. The second-order valence-corrected chi connectivity index (χ2v) is 4.43. The maximum Gasteiger partial charge on any atom is 0.257 e. The van der Waals surface area contributed by atoms with Crippen molar-refractivity contribution in [3.8, 4) is 17.4 Å². The molecule has 1 amide bonds. The van der Waals surface area contributed by atoms with Crippen LogP contribution in [-0.2, 0) is 6.54 Å². The Morgan fingerprint density at radius 1 is 1.33 bits per heavy atom. The van der Waals surface area contributed by atoms with Crippen molar-refractivity contribution in [2.45, 2.75) is 6.54 Å². The highest BCUT2D eigenvalue weighted by molar-refractivity contribution is 5.96. The first-order chi connectivity index (χ1) is 10.3. The summed E-state index contributed by atoms with van der Waals surface area (Å²) in [6, 6.07) is 8.92. The number of fused-ring (bicyclic) bond motifs is 1. The number of amides is 1. The summed E-state index contributed by atoms with van der Waals surface area (Å²) < 4.78 is 15.6. The molecular formula is C15H14N2O4. The van der Waals surface area contributed by atoms with E-state index in [0.29, 0.717) is 23.7 Å². The van der Waals surface area contributed by atoms with Crippen molar-refractivity contribution in [2.24, 2.45) is 0 Å². The second-order valence-electron chi connectivity index (χ2n) is 4.43. The molecule has 0 aliphatic carbocycles. The number of pyridine rings is 1. The van der Waals surface area contributed by atoms with E-state index in [2.05, 4.69) is 10.3 Å². The van der Waals surface area contributed by atoms with E-state index in [-0.39, 0.29) is 12.7 Å². The Labute approximate surface area is 121 Å². The van der Waals surface area contributed by atoms with Gasteiger partial charge in [0.05, 0.1) is 7.11 Å². The maximum atomic E-state index is 12.1. The van der Waals surface area contributed by atoms with Gasteiger partial charge in [0.2, 0.25) is 12.7 Å². The van der Waals surface area contributed by atoms with Gasteiger partial charge in [0, 0.05) is 12.7 Å². The van der Waals surface area contributed by atoms with Crippen LogP contribution in [0.4, 0.5) is 0 Å². The Bertz CT molecular complexity index is 672. The third-order valence-corrected chi connectivity index (χ3v) is 3.10. The van der Waals surface area contributed by atoms with Gasteiger partial charge in [-0.05, 0) is 29.8 Å². The van der Waals surface area contributed by atoms with E-state index in [1.807, 2.05) is 18.2 Å². The molecule has 1 aromatic carbocycles. The zero-order valence-corrected chi connectivity index (χ0v) is 11.5. The van der Waals surface area contributed by atoms with Crippen LogP contribution in [-0.4, -0.2) is 24.8 Å². The van der Waals surface area contributed by atoms with Crippen molar-refractivity contribution in [3.63, 3.8) is 0 Å². The molecule has 21 heavy (non-hydrogen) atoms. The monoisotopic (exact) mass is 286 g/mol. The minimum absolute atomic E-state index is 0.234. The lowest BCUT2D eigenvalue weighted by atomic mass is 10.2. The third-order valence-electron chi connectivity index (χ3n) is 3.10. The minimum atomic E-state index is -0.238. The van der Waals surface area contributed by atoms with Gasteiger partial charge in [-0.2, -0.15) is 0 Å². The molecule has 0 atom stereocenters. The zero-order valence-electron chi connectivity index (χ0n) is 11.5. The van der Waals surface area contributed by atoms with Crippen LogP contribution in [0.3, 0.4) is 0 Å². The van der Waals surface area contributed by atoms with Gasteiger partial charge in [0.1, 0.15) is 5.56 Å². The number of nitrogens with zero attached hydrogens (tertiary/aromatic N) is 1. The SMILES string of the molecule is COc1ncccc1C(=O)NCc1ccc2c(c1)OCO2.